The van der Waals surface area contributed by atoms with Gasteiger partial charge < -0.3 is 11.1 Å². The van der Waals surface area contributed by atoms with Gasteiger partial charge in [0, 0.05) is 22.0 Å². The lowest BCUT2D eigenvalue weighted by atomic mass is 10.1. The van der Waals surface area contributed by atoms with Gasteiger partial charge in [-0.05, 0) is 42.5 Å². The van der Waals surface area contributed by atoms with Gasteiger partial charge in [-0.3, -0.25) is 18.5 Å². The van der Waals surface area contributed by atoms with Gasteiger partial charge in [-0.1, -0.05) is 6.07 Å². The Balaban J connectivity index is 2.42. The lowest BCUT2D eigenvalue weighted by molar-refractivity contribution is 0.102. The van der Waals surface area contributed by atoms with Crippen molar-refractivity contribution in [2.45, 2.75) is 14.7 Å². The van der Waals surface area contributed by atoms with E-state index in [4.69, 9.17) is 5.73 Å². The van der Waals surface area contributed by atoms with E-state index in [2.05, 4.69) is 5.32 Å². The number of nitrogens with two attached hydrogens (primary N) is 1. The molecule has 0 spiro atoms. The van der Waals surface area contributed by atoms with Crippen LogP contribution >= 0.6 is 0 Å². The predicted octanol–water partition coefficient (Wildman–Crippen LogP) is 1.41. The molecule has 6 N–H and O–H groups in total. The molecule has 0 fully saturated rings. The molecule has 0 aliphatic heterocycles. The van der Waals surface area contributed by atoms with E-state index in [-0.39, 0.29) is 16.9 Å². The van der Waals surface area contributed by atoms with Crippen molar-refractivity contribution in [1.29, 1.82) is 0 Å². The molecule has 15 heteroatoms. The Labute approximate surface area is 181 Å². The first kappa shape index (κ1) is 23.6. The number of carbonyl (C=O) groups excluding carboxylic acids is 1. The third-order valence-corrected chi connectivity index (χ3v) is 6.88. The Kier molecular flexibility index (Phi) is 5.75. The molecule has 0 heterocycles. The summed E-state index contributed by atoms with van der Waals surface area (Å²) in [5, 5.41) is 0.979. The molecule has 3 aromatic carbocycles. The lowest BCUT2D eigenvalue weighted by Crippen LogP contribution is -2.14. The Hall–Kier alpha value is -3.08. The standard InChI is InChI=1S/C17H14N2O10S3/c18-10-3-1-2-9(6-10)17(20)19-13-4-5-14(31(24,25)26)12-7-11(30(21,22)23)8-15(16(12)13)32(27,28)29/h1-8H,18H2,(H,19,20)(H,21,22,23)(H,24,25,26)(H,27,28,29). The first-order valence-corrected chi connectivity index (χ1v) is 12.6. The summed E-state index contributed by atoms with van der Waals surface area (Å²) < 4.78 is 99.2. The van der Waals surface area contributed by atoms with Crippen molar-refractivity contribution in [2.24, 2.45) is 0 Å². The van der Waals surface area contributed by atoms with Crippen molar-refractivity contribution >= 4 is 58.4 Å². The van der Waals surface area contributed by atoms with Crippen LogP contribution < -0.4 is 11.1 Å². The van der Waals surface area contributed by atoms with E-state index in [0.717, 1.165) is 12.1 Å². The number of benzene rings is 3. The summed E-state index contributed by atoms with van der Waals surface area (Å²) in [4.78, 5) is 9.43. The smallest absolute Gasteiger partial charge is 0.295 e. The highest BCUT2D eigenvalue weighted by molar-refractivity contribution is 7.87. The fourth-order valence-corrected chi connectivity index (χ4v) is 4.99. The molecule has 0 unspecified atom stereocenters. The molecule has 1 amide bonds. The first-order valence-electron chi connectivity index (χ1n) is 8.29. The Morgan fingerprint density at radius 2 is 1.41 bits per heavy atom. The number of hydrogen-bond acceptors (Lipinski definition) is 8. The van der Waals surface area contributed by atoms with E-state index in [1.54, 1.807) is 0 Å². The number of hydrogen-bond donors (Lipinski definition) is 5. The van der Waals surface area contributed by atoms with Gasteiger partial charge in [0.2, 0.25) is 0 Å². The molecule has 0 saturated heterocycles. The van der Waals surface area contributed by atoms with E-state index in [1.165, 1.54) is 24.3 Å². The van der Waals surface area contributed by atoms with Crippen molar-refractivity contribution in [3.8, 4) is 0 Å². The second-order valence-electron chi connectivity index (χ2n) is 6.46. The van der Waals surface area contributed by atoms with Gasteiger partial charge >= 0.3 is 0 Å². The second-order valence-corrected chi connectivity index (χ2v) is 10.7. The van der Waals surface area contributed by atoms with E-state index >= 15 is 0 Å². The zero-order valence-electron chi connectivity index (χ0n) is 15.6. The minimum atomic E-state index is -5.23. The zero-order valence-corrected chi connectivity index (χ0v) is 18.1. The summed E-state index contributed by atoms with van der Waals surface area (Å²) in [6.45, 7) is 0. The number of nitrogens with one attached hydrogen (secondary N) is 1. The van der Waals surface area contributed by atoms with Crippen LogP contribution in [0, 0.1) is 0 Å². The summed E-state index contributed by atoms with van der Waals surface area (Å²) in [5.74, 6) is -0.807. The minimum absolute atomic E-state index is 0.0416. The van der Waals surface area contributed by atoms with Gasteiger partial charge in [0.05, 0.1) is 10.6 Å². The fraction of sp³-hybridized carbons (Fsp3) is 0. The monoisotopic (exact) mass is 502 g/mol. The van der Waals surface area contributed by atoms with Crippen LogP contribution in [-0.2, 0) is 30.4 Å². The van der Waals surface area contributed by atoms with Crippen LogP contribution in [0.25, 0.3) is 10.8 Å². The van der Waals surface area contributed by atoms with Crippen molar-refractivity contribution < 1.29 is 43.7 Å². The molecule has 0 aliphatic carbocycles. The number of amides is 1. The van der Waals surface area contributed by atoms with Crippen LogP contribution in [0.5, 0.6) is 0 Å². The summed E-state index contributed by atoms with van der Waals surface area (Å²) in [5.41, 5.74) is 5.55. The molecule has 0 radical (unpaired) electrons. The summed E-state index contributed by atoms with van der Waals surface area (Å²) in [6.07, 6.45) is 0. The molecule has 12 nitrogen and oxygen atoms in total. The average Bonchev–Trinajstić information content (AvgIpc) is 2.64. The number of rotatable bonds is 5. The van der Waals surface area contributed by atoms with E-state index in [0.29, 0.717) is 12.1 Å². The summed E-state index contributed by atoms with van der Waals surface area (Å²) in [6, 6.07) is 8.28. The van der Waals surface area contributed by atoms with Gasteiger partial charge in [0.1, 0.15) is 9.79 Å². The van der Waals surface area contributed by atoms with E-state index < -0.39 is 61.7 Å². The molecule has 32 heavy (non-hydrogen) atoms. The molecule has 0 saturated carbocycles. The Morgan fingerprint density at radius 1 is 0.781 bits per heavy atom. The summed E-state index contributed by atoms with van der Waals surface area (Å²) in [7, 11) is -15.3. The van der Waals surface area contributed by atoms with E-state index in [1.807, 2.05) is 0 Å². The van der Waals surface area contributed by atoms with Crippen LogP contribution in [0.3, 0.4) is 0 Å². The third-order valence-electron chi connectivity index (χ3n) is 4.26. The molecule has 3 rings (SSSR count). The highest BCUT2D eigenvalue weighted by Gasteiger charge is 2.27. The fourth-order valence-electron chi connectivity index (χ4n) is 2.95. The van der Waals surface area contributed by atoms with Crippen LogP contribution in [0.2, 0.25) is 0 Å². The second kappa shape index (κ2) is 7.80. The maximum atomic E-state index is 12.6. The van der Waals surface area contributed by atoms with Gasteiger partial charge in [-0.2, -0.15) is 25.3 Å². The number of nitrogen functional groups attached to an aromatic ring is 1. The first-order chi connectivity index (χ1) is 14.6. The average molecular weight is 503 g/mol. The summed E-state index contributed by atoms with van der Waals surface area (Å²) >= 11 is 0. The van der Waals surface area contributed by atoms with Gasteiger partial charge in [0.25, 0.3) is 36.3 Å². The lowest BCUT2D eigenvalue weighted by Gasteiger charge is -2.15. The van der Waals surface area contributed by atoms with Crippen LogP contribution in [0.1, 0.15) is 10.4 Å². The molecule has 170 valence electrons. The van der Waals surface area contributed by atoms with Crippen molar-refractivity contribution in [3.63, 3.8) is 0 Å². The van der Waals surface area contributed by atoms with Crippen LogP contribution in [-0.4, -0.2) is 44.8 Å². The van der Waals surface area contributed by atoms with Crippen molar-refractivity contribution in [1.82, 2.24) is 0 Å². The third kappa shape index (κ3) is 4.72. The van der Waals surface area contributed by atoms with Crippen molar-refractivity contribution in [2.75, 3.05) is 11.1 Å². The predicted molar refractivity (Wildman–Crippen MR) is 112 cm³/mol. The van der Waals surface area contributed by atoms with E-state index in [9.17, 15) is 43.7 Å². The molecule has 0 atom stereocenters. The number of anilines is 2. The Morgan fingerprint density at radius 3 is 1.94 bits per heavy atom. The minimum Gasteiger partial charge on any atom is -0.399 e. The highest BCUT2D eigenvalue weighted by Crippen LogP contribution is 2.37. The molecular weight excluding hydrogens is 488 g/mol. The maximum Gasteiger partial charge on any atom is 0.295 e. The quantitative estimate of drug-likeness (QED) is 0.248. The topological polar surface area (TPSA) is 218 Å². The van der Waals surface area contributed by atoms with Crippen LogP contribution in [0.15, 0.2) is 63.2 Å². The largest absolute Gasteiger partial charge is 0.399 e. The molecule has 0 aliphatic rings. The number of carbonyl (C=O) groups is 1. The SMILES string of the molecule is Nc1cccc(C(=O)Nc2ccc(S(=O)(=O)O)c3cc(S(=O)(=O)O)cc(S(=O)(=O)O)c23)c1. The maximum absolute atomic E-state index is 12.6. The molecule has 3 aromatic rings. The molecule has 0 bridgehead atoms. The van der Waals surface area contributed by atoms with Gasteiger partial charge in [-0.25, -0.2) is 0 Å². The molecule has 0 aromatic heterocycles. The Bertz CT molecular complexity index is 1600. The zero-order chi connectivity index (χ0) is 24.1. The number of fused-ring (bicyclic) bond motifs is 1. The van der Waals surface area contributed by atoms with Gasteiger partial charge in [-0.15, -0.1) is 0 Å². The molecular formula is C17H14N2O10S3. The highest BCUT2D eigenvalue weighted by atomic mass is 32.2. The van der Waals surface area contributed by atoms with Crippen molar-refractivity contribution in [3.05, 3.63) is 54.1 Å². The van der Waals surface area contributed by atoms with Gasteiger partial charge in [0.15, 0.2) is 0 Å². The van der Waals surface area contributed by atoms with Crippen LogP contribution in [0.4, 0.5) is 11.4 Å². The normalized spacial score (nSPS) is 12.6.